The van der Waals surface area contributed by atoms with Crippen LogP contribution in [-0.4, -0.2) is 11.9 Å². The molecule has 0 spiro atoms. The number of ether oxygens (including phenoxy) is 2. The predicted molar refractivity (Wildman–Crippen MR) is 101 cm³/mol. The Morgan fingerprint density at radius 3 is 1.92 bits per heavy atom. The molecule has 3 nitrogen and oxygen atoms in total. The molecule has 3 heteroatoms. The summed E-state index contributed by atoms with van der Waals surface area (Å²) in [5.74, 6) is 2.04. The first kappa shape index (κ1) is 17.7. The normalized spacial score (nSPS) is 14.0. The van der Waals surface area contributed by atoms with E-state index in [1.165, 1.54) is 11.1 Å². The van der Waals surface area contributed by atoms with Crippen molar-refractivity contribution < 1.29 is 14.6 Å². The lowest BCUT2D eigenvalue weighted by Crippen LogP contribution is -2.18. The summed E-state index contributed by atoms with van der Waals surface area (Å²) < 4.78 is 10.9. The number of benzene rings is 2. The maximum Gasteiger partial charge on any atom is 0.231 e. The van der Waals surface area contributed by atoms with Gasteiger partial charge in [0.2, 0.25) is 6.79 Å². The van der Waals surface area contributed by atoms with E-state index in [1.807, 2.05) is 12.1 Å². The standard InChI is InChI=1S/C22H28O3/c1-21(2,3)16-10-15(11-17(20(16)23)22(4,5)6)9-14-7-8-18-19(12-14)25-13-24-18/h7-8,10-12,23H,9,13H2,1-6H3. The van der Waals surface area contributed by atoms with Crippen LogP contribution < -0.4 is 9.47 Å². The van der Waals surface area contributed by atoms with Crippen LogP contribution in [0.4, 0.5) is 0 Å². The van der Waals surface area contributed by atoms with Crippen molar-refractivity contribution in [2.45, 2.75) is 58.8 Å². The van der Waals surface area contributed by atoms with Crippen LogP contribution in [0.3, 0.4) is 0 Å². The zero-order chi connectivity index (χ0) is 18.4. The number of phenols is 1. The molecule has 0 unspecified atom stereocenters. The second-order valence-electron chi connectivity index (χ2n) is 8.90. The Bertz CT molecular complexity index is 757. The van der Waals surface area contributed by atoms with Crippen molar-refractivity contribution in [1.82, 2.24) is 0 Å². The topological polar surface area (TPSA) is 38.7 Å². The minimum Gasteiger partial charge on any atom is -0.507 e. The highest BCUT2D eigenvalue weighted by Crippen LogP contribution is 2.40. The van der Waals surface area contributed by atoms with Crippen molar-refractivity contribution >= 4 is 0 Å². The molecule has 0 aromatic heterocycles. The smallest absolute Gasteiger partial charge is 0.231 e. The number of rotatable bonds is 2. The van der Waals surface area contributed by atoms with E-state index in [4.69, 9.17) is 9.47 Å². The quantitative estimate of drug-likeness (QED) is 0.805. The Balaban J connectivity index is 2.04. The van der Waals surface area contributed by atoms with Crippen molar-refractivity contribution in [2.75, 3.05) is 6.79 Å². The number of hydrogen-bond donors (Lipinski definition) is 1. The monoisotopic (exact) mass is 340 g/mol. The molecule has 1 N–H and O–H groups in total. The highest BCUT2D eigenvalue weighted by molar-refractivity contribution is 5.51. The molecule has 0 fully saturated rings. The lowest BCUT2D eigenvalue weighted by molar-refractivity contribution is 0.174. The number of phenolic OH excluding ortho intramolecular Hbond substituents is 1. The molecule has 0 saturated carbocycles. The van der Waals surface area contributed by atoms with Crippen LogP contribution in [0.25, 0.3) is 0 Å². The minimum absolute atomic E-state index is 0.116. The van der Waals surface area contributed by atoms with E-state index < -0.39 is 0 Å². The molecule has 0 saturated heterocycles. The molecular formula is C22H28O3. The van der Waals surface area contributed by atoms with Crippen LogP contribution >= 0.6 is 0 Å². The molecule has 1 heterocycles. The number of hydrogen-bond acceptors (Lipinski definition) is 3. The highest BCUT2D eigenvalue weighted by Gasteiger charge is 2.26. The SMILES string of the molecule is CC(C)(C)c1cc(Cc2ccc3c(c2)OCO3)cc(C(C)(C)C)c1O. The third kappa shape index (κ3) is 3.60. The van der Waals surface area contributed by atoms with Crippen LogP contribution in [0.15, 0.2) is 30.3 Å². The summed E-state index contributed by atoms with van der Waals surface area (Å²) in [5.41, 5.74) is 4.14. The molecule has 2 aromatic carbocycles. The van der Waals surface area contributed by atoms with E-state index in [1.54, 1.807) is 0 Å². The van der Waals surface area contributed by atoms with Gasteiger partial charge in [-0.1, -0.05) is 59.7 Å². The Labute approximate surface area is 150 Å². The van der Waals surface area contributed by atoms with Gasteiger partial charge in [0, 0.05) is 0 Å². The molecule has 0 aliphatic carbocycles. The first-order chi connectivity index (χ1) is 11.6. The minimum atomic E-state index is -0.116. The van der Waals surface area contributed by atoms with E-state index in [2.05, 4.69) is 59.7 Å². The van der Waals surface area contributed by atoms with E-state index in [-0.39, 0.29) is 10.8 Å². The summed E-state index contributed by atoms with van der Waals surface area (Å²) in [6.45, 7) is 13.1. The summed E-state index contributed by atoms with van der Waals surface area (Å²) in [4.78, 5) is 0. The van der Waals surface area contributed by atoms with Gasteiger partial charge in [-0.25, -0.2) is 0 Å². The summed E-state index contributed by atoms with van der Waals surface area (Å²) >= 11 is 0. The Kier molecular flexibility index (Phi) is 4.22. The van der Waals surface area contributed by atoms with Crippen LogP contribution in [0.5, 0.6) is 17.2 Å². The van der Waals surface area contributed by atoms with Crippen LogP contribution in [0.2, 0.25) is 0 Å². The summed E-state index contributed by atoms with van der Waals surface area (Å²) in [5, 5.41) is 10.8. The molecule has 134 valence electrons. The lowest BCUT2D eigenvalue weighted by Gasteiger charge is -2.28. The molecule has 0 radical (unpaired) electrons. The molecule has 0 atom stereocenters. The molecule has 25 heavy (non-hydrogen) atoms. The Morgan fingerprint density at radius 2 is 1.36 bits per heavy atom. The lowest BCUT2D eigenvalue weighted by atomic mass is 9.78. The van der Waals surface area contributed by atoms with Gasteiger partial charge in [0.25, 0.3) is 0 Å². The third-order valence-electron chi connectivity index (χ3n) is 4.63. The molecular weight excluding hydrogens is 312 g/mol. The van der Waals surface area contributed by atoms with Crippen LogP contribution in [-0.2, 0) is 17.3 Å². The van der Waals surface area contributed by atoms with Crippen LogP contribution in [0, 0.1) is 0 Å². The molecule has 0 bridgehead atoms. The van der Waals surface area contributed by atoms with Gasteiger partial charge in [-0.2, -0.15) is 0 Å². The average Bonchev–Trinajstić information content (AvgIpc) is 2.94. The first-order valence-corrected chi connectivity index (χ1v) is 8.81. The van der Waals surface area contributed by atoms with Gasteiger partial charge in [0.15, 0.2) is 11.5 Å². The predicted octanol–water partition coefficient (Wildman–Crippen LogP) is 5.31. The van der Waals surface area contributed by atoms with E-state index in [9.17, 15) is 5.11 Å². The fourth-order valence-corrected chi connectivity index (χ4v) is 3.23. The van der Waals surface area contributed by atoms with Gasteiger partial charge in [0.05, 0.1) is 0 Å². The van der Waals surface area contributed by atoms with Gasteiger partial charge >= 0.3 is 0 Å². The van der Waals surface area contributed by atoms with Crippen molar-refractivity contribution in [3.8, 4) is 17.2 Å². The molecule has 0 amide bonds. The molecule has 1 aliphatic heterocycles. The summed E-state index contributed by atoms with van der Waals surface area (Å²) in [6, 6.07) is 10.4. The van der Waals surface area contributed by atoms with Gasteiger partial charge in [-0.05, 0) is 51.6 Å². The van der Waals surface area contributed by atoms with Crippen molar-refractivity contribution in [1.29, 1.82) is 0 Å². The number of aromatic hydroxyl groups is 1. The first-order valence-electron chi connectivity index (χ1n) is 8.81. The van der Waals surface area contributed by atoms with E-state index in [0.717, 1.165) is 29.0 Å². The summed E-state index contributed by atoms with van der Waals surface area (Å²) in [6.07, 6.45) is 0.795. The summed E-state index contributed by atoms with van der Waals surface area (Å²) in [7, 11) is 0. The van der Waals surface area contributed by atoms with Gasteiger partial charge in [-0.3, -0.25) is 0 Å². The molecule has 1 aliphatic rings. The molecule has 2 aromatic rings. The highest BCUT2D eigenvalue weighted by atomic mass is 16.7. The van der Waals surface area contributed by atoms with Crippen LogP contribution in [0.1, 0.15) is 63.8 Å². The van der Waals surface area contributed by atoms with Crippen molar-refractivity contribution in [2.24, 2.45) is 0 Å². The van der Waals surface area contributed by atoms with Crippen molar-refractivity contribution in [3.63, 3.8) is 0 Å². The average molecular weight is 340 g/mol. The Hall–Kier alpha value is -2.16. The molecule has 3 rings (SSSR count). The van der Waals surface area contributed by atoms with Gasteiger partial charge < -0.3 is 14.6 Å². The zero-order valence-corrected chi connectivity index (χ0v) is 16.1. The fourth-order valence-electron chi connectivity index (χ4n) is 3.23. The van der Waals surface area contributed by atoms with E-state index >= 15 is 0 Å². The zero-order valence-electron chi connectivity index (χ0n) is 16.1. The fraction of sp³-hybridized carbons (Fsp3) is 0.455. The second kappa shape index (κ2) is 5.98. The number of fused-ring (bicyclic) bond motifs is 1. The third-order valence-corrected chi connectivity index (χ3v) is 4.63. The van der Waals surface area contributed by atoms with Gasteiger partial charge in [0.1, 0.15) is 5.75 Å². The second-order valence-corrected chi connectivity index (χ2v) is 8.90. The maximum atomic E-state index is 10.8. The largest absolute Gasteiger partial charge is 0.507 e. The van der Waals surface area contributed by atoms with Crippen molar-refractivity contribution in [3.05, 3.63) is 52.6 Å². The van der Waals surface area contributed by atoms with E-state index in [0.29, 0.717) is 12.5 Å². The Morgan fingerprint density at radius 1 is 0.800 bits per heavy atom. The maximum absolute atomic E-state index is 10.8. The van der Waals surface area contributed by atoms with Gasteiger partial charge in [-0.15, -0.1) is 0 Å².